The summed E-state index contributed by atoms with van der Waals surface area (Å²) < 4.78 is 5.32. The monoisotopic (exact) mass is 268 g/mol. The van der Waals surface area contributed by atoms with Gasteiger partial charge < -0.3 is 4.74 Å². The van der Waals surface area contributed by atoms with E-state index in [1.807, 2.05) is 50.2 Å². The molecular weight excluding hydrogens is 248 g/mol. The number of carbonyl (C=O) groups excluding carboxylic acids is 1. The largest absolute Gasteiger partial charge is 0.496 e. The van der Waals surface area contributed by atoms with E-state index in [1.54, 1.807) is 7.11 Å². The maximum atomic E-state index is 12.2. The highest BCUT2D eigenvalue weighted by molar-refractivity contribution is 5.83. The summed E-state index contributed by atoms with van der Waals surface area (Å²) in [7, 11) is 1.64. The molecule has 0 bridgehead atoms. The Morgan fingerprint density at radius 3 is 2.45 bits per heavy atom. The maximum Gasteiger partial charge on any atom is 0.141 e. The van der Waals surface area contributed by atoms with Gasteiger partial charge in [-0.05, 0) is 25.5 Å². The highest BCUT2D eigenvalue weighted by atomic mass is 16.5. The summed E-state index contributed by atoms with van der Waals surface area (Å²) >= 11 is 0. The third kappa shape index (κ3) is 3.70. The Balaban J connectivity index is 2.10. The van der Waals surface area contributed by atoms with Crippen LogP contribution in [-0.4, -0.2) is 12.9 Å². The fourth-order valence-corrected chi connectivity index (χ4v) is 2.37. The number of rotatable bonds is 5. The highest BCUT2D eigenvalue weighted by Gasteiger charge is 2.10. The Hall–Kier alpha value is -2.09. The maximum absolute atomic E-state index is 12.2. The van der Waals surface area contributed by atoms with Gasteiger partial charge in [-0.15, -0.1) is 0 Å². The summed E-state index contributed by atoms with van der Waals surface area (Å²) in [6.45, 7) is 4.06. The summed E-state index contributed by atoms with van der Waals surface area (Å²) in [5.41, 5.74) is 4.36. The molecule has 0 spiro atoms. The van der Waals surface area contributed by atoms with Gasteiger partial charge in [0, 0.05) is 18.4 Å². The van der Waals surface area contributed by atoms with E-state index >= 15 is 0 Å². The number of aryl methyl sites for hydroxylation is 2. The lowest BCUT2D eigenvalue weighted by Crippen LogP contribution is -2.08. The molecule has 0 unspecified atom stereocenters. The van der Waals surface area contributed by atoms with Gasteiger partial charge in [0.15, 0.2) is 0 Å². The zero-order valence-corrected chi connectivity index (χ0v) is 12.3. The molecule has 0 heterocycles. The molecule has 0 N–H and O–H groups in total. The van der Waals surface area contributed by atoms with Crippen molar-refractivity contribution in [3.05, 3.63) is 64.7 Å². The zero-order chi connectivity index (χ0) is 14.5. The number of benzene rings is 2. The van der Waals surface area contributed by atoms with Crippen molar-refractivity contribution in [2.45, 2.75) is 26.7 Å². The van der Waals surface area contributed by atoms with Crippen molar-refractivity contribution in [3.8, 4) is 5.75 Å². The summed E-state index contributed by atoms with van der Waals surface area (Å²) in [5.74, 6) is 0.993. The molecule has 2 rings (SSSR count). The van der Waals surface area contributed by atoms with Gasteiger partial charge in [0.25, 0.3) is 0 Å². The Labute approximate surface area is 120 Å². The molecule has 0 fully saturated rings. The molecule has 0 aliphatic rings. The fourth-order valence-electron chi connectivity index (χ4n) is 2.37. The molecule has 20 heavy (non-hydrogen) atoms. The van der Waals surface area contributed by atoms with Crippen LogP contribution >= 0.6 is 0 Å². The van der Waals surface area contributed by atoms with Gasteiger partial charge in [-0.1, -0.05) is 47.5 Å². The van der Waals surface area contributed by atoms with E-state index < -0.39 is 0 Å². The molecule has 0 aliphatic heterocycles. The lowest BCUT2D eigenvalue weighted by Gasteiger charge is -2.09. The molecule has 2 aromatic rings. The molecule has 2 nitrogen and oxygen atoms in total. The van der Waals surface area contributed by atoms with Gasteiger partial charge in [0.2, 0.25) is 0 Å². The van der Waals surface area contributed by atoms with Crippen LogP contribution in [-0.2, 0) is 17.6 Å². The molecule has 0 aromatic heterocycles. The average molecular weight is 268 g/mol. The van der Waals surface area contributed by atoms with Crippen LogP contribution < -0.4 is 4.74 Å². The van der Waals surface area contributed by atoms with E-state index in [9.17, 15) is 4.79 Å². The van der Waals surface area contributed by atoms with Crippen LogP contribution in [0.5, 0.6) is 5.75 Å². The van der Waals surface area contributed by atoms with Crippen LogP contribution in [0.1, 0.15) is 22.3 Å². The van der Waals surface area contributed by atoms with E-state index in [-0.39, 0.29) is 5.78 Å². The predicted octanol–water partition coefficient (Wildman–Crippen LogP) is 3.67. The van der Waals surface area contributed by atoms with Crippen LogP contribution in [0.4, 0.5) is 0 Å². The summed E-state index contributed by atoms with van der Waals surface area (Å²) in [6, 6.07) is 14.0. The summed E-state index contributed by atoms with van der Waals surface area (Å²) in [4.78, 5) is 12.2. The first-order chi connectivity index (χ1) is 9.58. The van der Waals surface area contributed by atoms with E-state index in [0.29, 0.717) is 12.8 Å². The Morgan fingerprint density at radius 1 is 1.00 bits per heavy atom. The normalized spacial score (nSPS) is 10.3. The van der Waals surface area contributed by atoms with Crippen molar-refractivity contribution in [1.82, 2.24) is 0 Å². The number of carbonyl (C=O) groups is 1. The van der Waals surface area contributed by atoms with Gasteiger partial charge in [-0.3, -0.25) is 4.79 Å². The molecular formula is C18H20O2. The van der Waals surface area contributed by atoms with Crippen molar-refractivity contribution < 1.29 is 9.53 Å². The smallest absolute Gasteiger partial charge is 0.141 e. The second-order valence-electron chi connectivity index (χ2n) is 5.20. The fraction of sp³-hybridized carbons (Fsp3) is 0.278. The number of hydrogen-bond donors (Lipinski definition) is 0. The van der Waals surface area contributed by atoms with Gasteiger partial charge in [0.1, 0.15) is 11.5 Å². The lowest BCUT2D eigenvalue weighted by molar-refractivity contribution is -0.117. The van der Waals surface area contributed by atoms with Gasteiger partial charge in [-0.2, -0.15) is 0 Å². The van der Waals surface area contributed by atoms with E-state index in [0.717, 1.165) is 22.4 Å². The SMILES string of the molecule is COc1ccc(C)cc1CC(=O)Cc1cccc(C)c1. The average Bonchev–Trinajstić information content (AvgIpc) is 2.38. The Bertz CT molecular complexity index is 615. The molecule has 2 heteroatoms. The first kappa shape index (κ1) is 14.3. The summed E-state index contributed by atoms with van der Waals surface area (Å²) in [5, 5.41) is 0. The number of ether oxygens (including phenoxy) is 1. The molecule has 2 aromatic carbocycles. The topological polar surface area (TPSA) is 26.3 Å². The van der Waals surface area contributed by atoms with Gasteiger partial charge >= 0.3 is 0 Å². The van der Waals surface area contributed by atoms with Gasteiger partial charge in [-0.25, -0.2) is 0 Å². The number of ketones is 1. The number of Topliss-reactive ketones (excluding diaryl/α,β-unsaturated/α-hetero) is 1. The van der Waals surface area contributed by atoms with Gasteiger partial charge in [0.05, 0.1) is 7.11 Å². The van der Waals surface area contributed by atoms with Crippen LogP contribution in [0, 0.1) is 13.8 Å². The van der Waals surface area contributed by atoms with Crippen molar-refractivity contribution >= 4 is 5.78 Å². The predicted molar refractivity (Wildman–Crippen MR) is 81.3 cm³/mol. The molecule has 0 radical (unpaired) electrons. The number of hydrogen-bond acceptors (Lipinski definition) is 2. The van der Waals surface area contributed by atoms with Crippen LogP contribution in [0.25, 0.3) is 0 Å². The van der Waals surface area contributed by atoms with E-state index in [4.69, 9.17) is 4.74 Å². The van der Waals surface area contributed by atoms with Crippen LogP contribution in [0.2, 0.25) is 0 Å². The highest BCUT2D eigenvalue weighted by Crippen LogP contribution is 2.21. The standard InChI is InChI=1S/C18H20O2/c1-13-5-4-6-15(9-13)11-17(19)12-16-10-14(2)7-8-18(16)20-3/h4-10H,11-12H2,1-3H3. The minimum absolute atomic E-state index is 0.208. The lowest BCUT2D eigenvalue weighted by atomic mass is 10.00. The Kier molecular flexibility index (Phi) is 4.57. The molecule has 104 valence electrons. The van der Waals surface area contributed by atoms with Crippen molar-refractivity contribution in [3.63, 3.8) is 0 Å². The second-order valence-corrected chi connectivity index (χ2v) is 5.20. The molecule has 0 amide bonds. The molecule has 0 aliphatic carbocycles. The number of methoxy groups -OCH3 is 1. The third-order valence-electron chi connectivity index (χ3n) is 3.31. The first-order valence-electron chi connectivity index (χ1n) is 6.79. The zero-order valence-electron chi connectivity index (χ0n) is 12.3. The van der Waals surface area contributed by atoms with E-state index in [1.165, 1.54) is 5.56 Å². The Morgan fingerprint density at radius 2 is 1.75 bits per heavy atom. The minimum atomic E-state index is 0.208. The van der Waals surface area contributed by atoms with Crippen LogP contribution in [0.15, 0.2) is 42.5 Å². The van der Waals surface area contributed by atoms with Crippen molar-refractivity contribution in [2.24, 2.45) is 0 Å². The molecule has 0 saturated heterocycles. The third-order valence-corrected chi connectivity index (χ3v) is 3.31. The first-order valence-corrected chi connectivity index (χ1v) is 6.79. The molecule has 0 atom stereocenters. The minimum Gasteiger partial charge on any atom is -0.496 e. The van der Waals surface area contributed by atoms with Crippen molar-refractivity contribution in [1.29, 1.82) is 0 Å². The second kappa shape index (κ2) is 6.38. The van der Waals surface area contributed by atoms with Crippen molar-refractivity contribution in [2.75, 3.05) is 7.11 Å². The van der Waals surface area contributed by atoms with Crippen LogP contribution in [0.3, 0.4) is 0 Å². The quantitative estimate of drug-likeness (QED) is 0.827. The molecule has 0 saturated carbocycles. The van der Waals surface area contributed by atoms with E-state index in [2.05, 4.69) is 6.07 Å². The summed E-state index contributed by atoms with van der Waals surface area (Å²) in [6.07, 6.45) is 0.886.